The van der Waals surface area contributed by atoms with E-state index in [2.05, 4.69) is 224 Å². The fourth-order valence-electron chi connectivity index (χ4n) is 8.79. The highest BCUT2D eigenvalue weighted by Crippen LogP contribution is 2.56. The van der Waals surface area contributed by atoms with E-state index in [1.807, 2.05) is 84.9 Å². The van der Waals surface area contributed by atoms with Gasteiger partial charge in [-0.05, 0) is 97.1 Å². The lowest BCUT2D eigenvalue weighted by molar-refractivity contribution is 0.103. The van der Waals surface area contributed by atoms with Gasteiger partial charge in [0.15, 0.2) is 5.78 Å². The molecule has 1 aliphatic rings. The van der Waals surface area contributed by atoms with Crippen molar-refractivity contribution in [2.24, 2.45) is 0 Å². The summed E-state index contributed by atoms with van der Waals surface area (Å²) >= 11 is 10.5. The summed E-state index contributed by atoms with van der Waals surface area (Å²) in [5, 5.41) is 0. The van der Waals surface area contributed by atoms with Crippen LogP contribution in [0.4, 0.5) is 0 Å². The molecule has 0 spiro atoms. The number of benzene rings is 10. The van der Waals surface area contributed by atoms with Crippen molar-refractivity contribution in [3.05, 3.63) is 308 Å². The van der Waals surface area contributed by atoms with Crippen molar-refractivity contribution < 1.29 is 4.79 Å². The van der Waals surface area contributed by atoms with Gasteiger partial charge < -0.3 is 0 Å². The largest absolute Gasteiger partial charge is 0.289 e. The average Bonchev–Trinajstić information content (AvgIpc) is 3.69. The molecule has 67 heavy (non-hydrogen) atoms. The lowest BCUT2D eigenvalue weighted by Crippen LogP contribution is -2.28. The molecule has 0 saturated carbocycles. The van der Waals surface area contributed by atoms with Gasteiger partial charge in [0.05, 0.1) is 5.41 Å². The molecule has 4 heteroatoms. The number of carbonyl (C=O) groups is 1. The third kappa shape index (κ3) is 10.2. The number of halogens is 3. The Morgan fingerprint density at radius 2 is 0.642 bits per heavy atom. The zero-order valence-corrected chi connectivity index (χ0v) is 40.6. The van der Waals surface area contributed by atoms with E-state index in [1.165, 1.54) is 55.6 Å². The minimum atomic E-state index is -0.327. The minimum absolute atomic E-state index is 0. The van der Waals surface area contributed by atoms with Crippen molar-refractivity contribution >= 4 is 53.6 Å². The normalized spacial score (nSPS) is 11.6. The summed E-state index contributed by atoms with van der Waals surface area (Å²) in [5.41, 5.74) is 16.2. The molecule has 1 aliphatic carbocycles. The van der Waals surface area contributed by atoms with Gasteiger partial charge in [-0.1, -0.05) is 286 Å². The molecule has 10 aromatic carbocycles. The SMILES string of the molecule is Brc1ccc(-c2ccc(C3(c4ccccc4)c4ccccc4-c4ccccc43)cc2)cc1.Brc1ccccc1-c1ccccc1.C.O=C(c1ccccc1)c1ccc(-c2ccc(Br)cc2)cc1. The van der Waals surface area contributed by atoms with Crippen molar-refractivity contribution in [3.63, 3.8) is 0 Å². The Balaban J connectivity index is 0.000000149. The van der Waals surface area contributed by atoms with Crippen molar-refractivity contribution in [2.45, 2.75) is 12.8 Å². The first-order valence-electron chi connectivity index (χ1n) is 21.8. The maximum Gasteiger partial charge on any atom is 0.193 e. The molecule has 11 rings (SSSR count). The highest BCUT2D eigenvalue weighted by Gasteiger charge is 2.45. The molecule has 0 aromatic heterocycles. The van der Waals surface area contributed by atoms with E-state index >= 15 is 0 Å². The van der Waals surface area contributed by atoms with Crippen LogP contribution >= 0.6 is 47.8 Å². The molecule has 10 aromatic rings. The molecule has 0 unspecified atom stereocenters. The predicted molar refractivity (Wildman–Crippen MR) is 293 cm³/mol. The molecule has 0 bridgehead atoms. The molecule has 0 saturated heterocycles. The zero-order chi connectivity index (χ0) is 45.3. The van der Waals surface area contributed by atoms with Gasteiger partial charge in [0.2, 0.25) is 0 Å². The van der Waals surface area contributed by atoms with Gasteiger partial charge in [-0.2, -0.15) is 0 Å². The fraction of sp³-hybridized carbons (Fsp3) is 0.0317. The van der Waals surface area contributed by atoms with Gasteiger partial charge in [-0.15, -0.1) is 0 Å². The molecule has 0 aliphatic heterocycles. The molecule has 0 N–H and O–H groups in total. The first-order chi connectivity index (χ1) is 32.4. The van der Waals surface area contributed by atoms with Crippen LogP contribution in [0.1, 0.15) is 45.6 Å². The van der Waals surface area contributed by atoms with Crippen LogP contribution < -0.4 is 0 Å². The van der Waals surface area contributed by atoms with Crippen LogP contribution in [0.2, 0.25) is 0 Å². The number of ketones is 1. The Hall–Kier alpha value is -6.69. The standard InChI is InChI=1S/C31H21Br.C19H13BrO.C12H9Br.CH4/c32-26-20-16-23(17-21-26)22-14-18-25(19-15-22)31(24-8-2-1-3-9-24)29-12-6-4-10-27(29)28-11-5-7-13-30(28)31;20-18-12-10-15(11-13-18)14-6-8-17(9-7-14)19(21)16-4-2-1-3-5-16;13-12-9-5-4-8-11(12)10-6-2-1-3-7-10;/h1-21H;1-13H;1-9H;1H4. The van der Waals surface area contributed by atoms with Gasteiger partial charge in [0.25, 0.3) is 0 Å². The first kappa shape index (κ1) is 46.8. The lowest BCUT2D eigenvalue weighted by atomic mass is 9.67. The summed E-state index contributed by atoms with van der Waals surface area (Å²) in [6, 6.07) is 90.1. The Morgan fingerprint density at radius 3 is 1.12 bits per heavy atom. The Labute approximate surface area is 420 Å². The topological polar surface area (TPSA) is 17.1 Å². The van der Waals surface area contributed by atoms with E-state index in [9.17, 15) is 4.79 Å². The quantitative estimate of drug-likeness (QED) is 0.145. The van der Waals surface area contributed by atoms with Crippen molar-refractivity contribution in [1.82, 2.24) is 0 Å². The van der Waals surface area contributed by atoms with E-state index in [4.69, 9.17) is 0 Å². The van der Waals surface area contributed by atoms with E-state index < -0.39 is 0 Å². The summed E-state index contributed by atoms with van der Waals surface area (Å²) < 4.78 is 3.29. The Bertz CT molecular complexity index is 3140. The van der Waals surface area contributed by atoms with E-state index in [0.717, 1.165) is 24.5 Å². The number of carbonyl (C=O) groups excluding carboxylic acids is 1. The second-order valence-corrected chi connectivity index (χ2v) is 18.6. The van der Waals surface area contributed by atoms with Gasteiger partial charge in [0, 0.05) is 24.5 Å². The van der Waals surface area contributed by atoms with Gasteiger partial charge in [0.1, 0.15) is 0 Å². The molecule has 0 radical (unpaired) electrons. The number of hydrogen-bond acceptors (Lipinski definition) is 1. The average molecular weight is 1060 g/mol. The van der Waals surface area contributed by atoms with Crippen molar-refractivity contribution in [2.75, 3.05) is 0 Å². The third-order valence-electron chi connectivity index (χ3n) is 12.0. The summed E-state index contributed by atoms with van der Waals surface area (Å²) in [4.78, 5) is 12.3. The summed E-state index contributed by atoms with van der Waals surface area (Å²) in [7, 11) is 0. The molecule has 0 atom stereocenters. The molecular formula is C63H47Br3O. The van der Waals surface area contributed by atoms with Crippen molar-refractivity contribution in [3.8, 4) is 44.5 Å². The van der Waals surface area contributed by atoms with Crippen LogP contribution in [0.3, 0.4) is 0 Å². The molecular weight excluding hydrogens is 1010 g/mol. The Morgan fingerprint density at radius 1 is 0.299 bits per heavy atom. The van der Waals surface area contributed by atoms with Crippen LogP contribution in [0, 0.1) is 0 Å². The molecule has 0 amide bonds. The van der Waals surface area contributed by atoms with Gasteiger partial charge in [-0.3, -0.25) is 4.79 Å². The summed E-state index contributed by atoms with van der Waals surface area (Å²) in [6.07, 6.45) is 0. The monoisotopic (exact) mass is 1060 g/mol. The highest BCUT2D eigenvalue weighted by molar-refractivity contribution is 9.11. The van der Waals surface area contributed by atoms with Crippen LogP contribution in [-0.4, -0.2) is 5.78 Å². The highest BCUT2D eigenvalue weighted by atomic mass is 79.9. The minimum Gasteiger partial charge on any atom is -0.289 e. The van der Waals surface area contributed by atoms with E-state index in [1.54, 1.807) is 0 Å². The van der Waals surface area contributed by atoms with Crippen LogP contribution in [0.25, 0.3) is 44.5 Å². The molecule has 0 fully saturated rings. The van der Waals surface area contributed by atoms with E-state index in [0.29, 0.717) is 11.1 Å². The summed E-state index contributed by atoms with van der Waals surface area (Å²) in [6.45, 7) is 0. The lowest BCUT2D eigenvalue weighted by Gasteiger charge is -2.34. The van der Waals surface area contributed by atoms with E-state index in [-0.39, 0.29) is 18.6 Å². The zero-order valence-electron chi connectivity index (χ0n) is 35.9. The van der Waals surface area contributed by atoms with Gasteiger partial charge >= 0.3 is 0 Å². The maximum absolute atomic E-state index is 12.3. The first-order valence-corrected chi connectivity index (χ1v) is 24.1. The maximum atomic E-state index is 12.3. The predicted octanol–water partition coefficient (Wildman–Crippen LogP) is 18.6. The van der Waals surface area contributed by atoms with Crippen molar-refractivity contribution in [1.29, 1.82) is 0 Å². The fourth-order valence-corrected chi connectivity index (χ4v) is 9.83. The van der Waals surface area contributed by atoms with Crippen LogP contribution in [0.5, 0.6) is 0 Å². The number of rotatable bonds is 7. The number of fused-ring (bicyclic) bond motifs is 3. The second-order valence-electron chi connectivity index (χ2n) is 15.9. The summed E-state index contributed by atoms with van der Waals surface area (Å²) in [5.74, 6) is 0.0537. The van der Waals surface area contributed by atoms with Crippen LogP contribution in [0.15, 0.2) is 274 Å². The smallest absolute Gasteiger partial charge is 0.193 e. The molecule has 326 valence electrons. The van der Waals surface area contributed by atoms with Gasteiger partial charge in [-0.25, -0.2) is 0 Å². The van der Waals surface area contributed by atoms with Crippen LogP contribution in [-0.2, 0) is 5.41 Å². The molecule has 1 nitrogen and oxygen atoms in total. The number of hydrogen-bond donors (Lipinski definition) is 0. The second kappa shape index (κ2) is 21.7. The Kier molecular flexibility index (Phi) is 15.2. The third-order valence-corrected chi connectivity index (χ3v) is 13.7. The molecule has 0 heterocycles.